The van der Waals surface area contributed by atoms with Crippen LogP contribution in [0, 0.1) is 11.8 Å². The highest BCUT2D eigenvalue weighted by molar-refractivity contribution is 7.89. The summed E-state index contributed by atoms with van der Waals surface area (Å²) in [6.45, 7) is 2.40. The number of nitrogen functional groups attached to an aromatic ring is 1. The van der Waals surface area contributed by atoms with Gasteiger partial charge in [-0.3, -0.25) is 0 Å². The van der Waals surface area contributed by atoms with E-state index in [1.54, 1.807) is 11.8 Å². The van der Waals surface area contributed by atoms with Gasteiger partial charge in [-0.1, -0.05) is 5.92 Å². The first-order valence-electron chi connectivity index (χ1n) is 9.40. The molecule has 32 heavy (non-hydrogen) atoms. The van der Waals surface area contributed by atoms with Crippen LogP contribution < -0.4 is 10.6 Å². The highest BCUT2D eigenvalue weighted by Crippen LogP contribution is 2.38. The lowest BCUT2D eigenvalue weighted by molar-refractivity contribution is -0.259. The molecule has 0 bridgehead atoms. The van der Waals surface area contributed by atoms with Gasteiger partial charge < -0.3 is 15.7 Å². The highest BCUT2D eigenvalue weighted by Gasteiger charge is 2.51. The third kappa shape index (κ3) is 4.47. The molecule has 1 fully saturated rings. The molecule has 9 nitrogen and oxygen atoms in total. The summed E-state index contributed by atoms with van der Waals surface area (Å²) in [7, 11) is -3.86. The number of pyridine rings is 1. The number of alkyl halides is 3. The Balaban J connectivity index is 1.84. The van der Waals surface area contributed by atoms with Crippen LogP contribution in [0.3, 0.4) is 0 Å². The molecule has 0 spiro atoms. The van der Waals surface area contributed by atoms with Crippen molar-refractivity contribution in [2.45, 2.75) is 36.6 Å². The van der Waals surface area contributed by atoms with Crippen molar-refractivity contribution < 1.29 is 26.7 Å². The summed E-state index contributed by atoms with van der Waals surface area (Å²) in [4.78, 5) is 13.3. The number of piperazine rings is 1. The van der Waals surface area contributed by atoms with E-state index in [1.165, 1.54) is 22.6 Å². The number of sulfonamides is 1. The summed E-state index contributed by atoms with van der Waals surface area (Å²) in [5, 5.41) is 9.78. The zero-order valence-electron chi connectivity index (χ0n) is 17.2. The normalized spacial score (nSPS) is 19.7. The molecule has 0 radical (unpaired) electrons. The van der Waals surface area contributed by atoms with Gasteiger partial charge in [0.25, 0.3) is 0 Å². The van der Waals surface area contributed by atoms with E-state index in [1.807, 2.05) is 0 Å². The number of hydrogen-bond donors (Lipinski definition) is 2. The van der Waals surface area contributed by atoms with Crippen LogP contribution in [0.4, 0.5) is 24.9 Å². The van der Waals surface area contributed by atoms with Gasteiger partial charge in [0.15, 0.2) is 5.60 Å². The molecule has 2 aromatic rings. The maximum Gasteiger partial charge on any atom is 0.421 e. The molecule has 1 aliphatic heterocycles. The van der Waals surface area contributed by atoms with Gasteiger partial charge in [0.1, 0.15) is 16.8 Å². The summed E-state index contributed by atoms with van der Waals surface area (Å²) < 4.78 is 66.3. The minimum Gasteiger partial charge on any atom is -0.384 e. The molecule has 0 amide bonds. The van der Waals surface area contributed by atoms with Crippen molar-refractivity contribution in [3.05, 3.63) is 36.3 Å². The van der Waals surface area contributed by atoms with Crippen molar-refractivity contribution in [2.24, 2.45) is 0 Å². The summed E-state index contributed by atoms with van der Waals surface area (Å²) in [5.74, 6) is 5.88. The lowest BCUT2D eigenvalue weighted by atomic mass is 9.99. The van der Waals surface area contributed by atoms with Crippen LogP contribution in [0.2, 0.25) is 0 Å². The maximum atomic E-state index is 13.0. The van der Waals surface area contributed by atoms with Gasteiger partial charge in [-0.15, -0.1) is 5.92 Å². The lowest BCUT2D eigenvalue weighted by Crippen LogP contribution is -2.54. The molecule has 1 saturated heterocycles. The van der Waals surface area contributed by atoms with Crippen LogP contribution in [0.1, 0.15) is 19.4 Å². The van der Waals surface area contributed by atoms with Crippen molar-refractivity contribution >= 4 is 21.8 Å². The van der Waals surface area contributed by atoms with Crippen LogP contribution in [0.25, 0.3) is 0 Å². The molecular formula is C19H21F3N6O3S. The van der Waals surface area contributed by atoms with E-state index in [0.717, 1.165) is 12.4 Å². The van der Waals surface area contributed by atoms with Crippen LogP contribution in [-0.2, 0) is 15.6 Å². The SMILES string of the molecule is CC#CC1CN(S(=O)(=O)c2ccc(N)nc2)CCN1c1ncc(C(C)(O)C(F)(F)F)cn1. The van der Waals surface area contributed by atoms with Gasteiger partial charge in [-0.2, -0.15) is 17.5 Å². The van der Waals surface area contributed by atoms with Gasteiger partial charge in [0.05, 0.1) is 0 Å². The standard InChI is InChI=1S/C19H21F3N6O3S/c1-3-4-14-12-27(32(30,31)15-5-6-16(23)24-11-15)7-8-28(14)17-25-9-13(10-26-17)18(2,29)19(20,21)22/h5-6,9-11,14,29H,7-8,12H2,1-2H3,(H2,23,24). The molecule has 3 rings (SSSR count). The molecule has 3 N–H and O–H groups in total. The van der Waals surface area contributed by atoms with E-state index >= 15 is 0 Å². The van der Waals surface area contributed by atoms with Crippen molar-refractivity contribution in [3.63, 3.8) is 0 Å². The van der Waals surface area contributed by atoms with Gasteiger partial charge in [0, 0.05) is 43.8 Å². The average Bonchev–Trinajstić information content (AvgIpc) is 2.73. The zero-order valence-corrected chi connectivity index (χ0v) is 18.0. The number of nitrogens with two attached hydrogens (primary N) is 1. The molecule has 13 heteroatoms. The molecule has 172 valence electrons. The maximum absolute atomic E-state index is 13.0. The van der Waals surface area contributed by atoms with Crippen molar-refractivity contribution in [1.82, 2.24) is 19.3 Å². The summed E-state index contributed by atoms with van der Waals surface area (Å²) in [6, 6.07) is 2.11. The molecule has 0 saturated carbocycles. The fourth-order valence-corrected chi connectivity index (χ4v) is 4.47. The Hall–Kier alpha value is -2.95. The average molecular weight is 470 g/mol. The lowest BCUT2D eigenvalue weighted by Gasteiger charge is -2.38. The first-order valence-corrected chi connectivity index (χ1v) is 10.8. The highest BCUT2D eigenvalue weighted by atomic mass is 32.2. The second-order valence-electron chi connectivity index (χ2n) is 7.23. The number of anilines is 2. The van der Waals surface area contributed by atoms with Gasteiger partial charge in [0.2, 0.25) is 16.0 Å². The van der Waals surface area contributed by atoms with Crippen molar-refractivity contribution in [3.8, 4) is 11.8 Å². The van der Waals surface area contributed by atoms with Gasteiger partial charge >= 0.3 is 6.18 Å². The number of nitrogens with zero attached hydrogens (tertiary/aromatic N) is 5. The second kappa shape index (κ2) is 8.53. The monoisotopic (exact) mass is 470 g/mol. The number of aliphatic hydroxyl groups is 1. The predicted molar refractivity (Wildman–Crippen MR) is 110 cm³/mol. The molecule has 3 heterocycles. The Bertz CT molecular complexity index is 1130. The minimum absolute atomic E-state index is 0.0150. The fraction of sp³-hybridized carbons (Fsp3) is 0.421. The van der Waals surface area contributed by atoms with Crippen LogP contribution >= 0.6 is 0 Å². The second-order valence-corrected chi connectivity index (χ2v) is 9.16. The molecule has 0 aromatic carbocycles. The molecular weight excluding hydrogens is 449 g/mol. The largest absolute Gasteiger partial charge is 0.421 e. The van der Waals surface area contributed by atoms with Crippen molar-refractivity contribution in [1.29, 1.82) is 0 Å². The van der Waals surface area contributed by atoms with E-state index < -0.39 is 33.4 Å². The molecule has 2 aromatic heterocycles. The third-order valence-electron chi connectivity index (χ3n) is 5.06. The number of rotatable bonds is 4. The van der Waals surface area contributed by atoms with E-state index in [4.69, 9.17) is 5.73 Å². The first-order chi connectivity index (χ1) is 14.9. The molecule has 2 unspecified atom stereocenters. The fourth-order valence-electron chi connectivity index (χ4n) is 3.08. The first kappa shape index (κ1) is 23.7. The Morgan fingerprint density at radius 2 is 1.81 bits per heavy atom. The third-order valence-corrected chi connectivity index (χ3v) is 6.91. The van der Waals surface area contributed by atoms with E-state index in [9.17, 15) is 26.7 Å². The smallest absolute Gasteiger partial charge is 0.384 e. The Morgan fingerprint density at radius 3 is 2.34 bits per heavy atom. The van der Waals surface area contributed by atoms with Crippen LogP contribution in [-0.4, -0.2) is 64.6 Å². The zero-order chi connectivity index (χ0) is 23.7. The van der Waals surface area contributed by atoms with E-state index in [2.05, 4.69) is 26.8 Å². The molecule has 0 aliphatic carbocycles. The van der Waals surface area contributed by atoms with Gasteiger partial charge in [-0.05, 0) is 26.0 Å². The Labute approximate surface area is 183 Å². The predicted octanol–water partition coefficient (Wildman–Crippen LogP) is 1.13. The van der Waals surface area contributed by atoms with Crippen molar-refractivity contribution in [2.75, 3.05) is 30.3 Å². The number of hydrogen-bond acceptors (Lipinski definition) is 8. The quantitative estimate of drug-likeness (QED) is 0.637. The van der Waals surface area contributed by atoms with Gasteiger partial charge in [-0.25, -0.2) is 23.4 Å². The van der Waals surface area contributed by atoms with Crippen LogP contribution in [0.15, 0.2) is 35.6 Å². The topological polar surface area (TPSA) is 126 Å². The van der Waals surface area contributed by atoms with E-state index in [-0.39, 0.29) is 36.3 Å². The summed E-state index contributed by atoms with van der Waals surface area (Å²) in [6.07, 6.45) is -1.93. The number of halogens is 3. The minimum atomic E-state index is -4.90. The molecule has 1 aliphatic rings. The summed E-state index contributed by atoms with van der Waals surface area (Å²) >= 11 is 0. The summed E-state index contributed by atoms with van der Waals surface area (Å²) in [5.41, 5.74) is 1.90. The van der Waals surface area contributed by atoms with E-state index in [0.29, 0.717) is 6.92 Å². The van der Waals surface area contributed by atoms with Crippen LogP contribution in [0.5, 0.6) is 0 Å². The Morgan fingerprint density at radius 1 is 1.16 bits per heavy atom. The Kier molecular flexibility index (Phi) is 6.32. The number of aromatic nitrogens is 3. The molecule has 2 atom stereocenters.